The molecule has 1 heterocycles. The minimum atomic E-state index is -0.114. The molecule has 0 saturated carbocycles. The molecule has 0 radical (unpaired) electrons. The van der Waals surface area contributed by atoms with Crippen molar-refractivity contribution >= 4 is 22.5 Å². The summed E-state index contributed by atoms with van der Waals surface area (Å²) in [6.07, 6.45) is 1.70. The van der Waals surface area contributed by atoms with Crippen molar-refractivity contribution < 1.29 is 4.79 Å². The molecule has 0 aliphatic rings. The number of amides is 1. The lowest BCUT2D eigenvalue weighted by Gasteiger charge is -2.08. The Morgan fingerprint density at radius 1 is 0.895 bits per heavy atom. The molecule has 0 spiro atoms. The summed E-state index contributed by atoms with van der Waals surface area (Å²) < 4.78 is 0. The molecule has 0 unspecified atom stereocenters. The van der Waals surface area contributed by atoms with E-state index < -0.39 is 0 Å². The van der Waals surface area contributed by atoms with Crippen molar-refractivity contribution in [3.63, 3.8) is 0 Å². The van der Waals surface area contributed by atoms with Crippen LogP contribution < -0.4 is 5.32 Å². The summed E-state index contributed by atoms with van der Waals surface area (Å²) in [6, 6.07) is 18.7. The molecule has 3 nitrogen and oxygen atoms in total. The number of para-hydroxylation sites is 1. The third-order valence-corrected chi connectivity index (χ3v) is 2.93. The summed E-state index contributed by atoms with van der Waals surface area (Å²) in [4.78, 5) is 16.4. The number of rotatable bonds is 2. The highest BCUT2D eigenvalue weighted by Crippen LogP contribution is 2.21. The van der Waals surface area contributed by atoms with Crippen molar-refractivity contribution in [2.24, 2.45) is 0 Å². The Morgan fingerprint density at radius 3 is 2.47 bits per heavy atom. The maximum atomic E-state index is 12.1. The SMILES string of the molecule is O=C(Nc1ccnc2ccccc12)c1ccccc1. The first kappa shape index (κ1) is 11.4. The van der Waals surface area contributed by atoms with E-state index in [1.807, 2.05) is 48.5 Å². The predicted molar refractivity (Wildman–Crippen MR) is 76.1 cm³/mol. The van der Waals surface area contributed by atoms with E-state index in [1.54, 1.807) is 18.3 Å². The lowest BCUT2D eigenvalue weighted by molar-refractivity contribution is 0.102. The number of anilines is 1. The molecule has 92 valence electrons. The minimum Gasteiger partial charge on any atom is -0.321 e. The molecular weight excluding hydrogens is 236 g/mol. The van der Waals surface area contributed by atoms with E-state index in [1.165, 1.54) is 0 Å². The summed E-state index contributed by atoms with van der Waals surface area (Å²) in [7, 11) is 0. The van der Waals surface area contributed by atoms with Crippen LogP contribution in [0.3, 0.4) is 0 Å². The zero-order chi connectivity index (χ0) is 13.1. The van der Waals surface area contributed by atoms with Crippen molar-refractivity contribution in [2.75, 3.05) is 5.32 Å². The molecule has 3 aromatic rings. The zero-order valence-electron chi connectivity index (χ0n) is 10.2. The van der Waals surface area contributed by atoms with Crippen LogP contribution in [0.25, 0.3) is 10.9 Å². The fraction of sp³-hybridized carbons (Fsp3) is 0. The van der Waals surface area contributed by atoms with Crippen molar-refractivity contribution in [3.05, 3.63) is 72.4 Å². The van der Waals surface area contributed by atoms with Gasteiger partial charge in [0, 0.05) is 17.1 Å². The fourth-order valence-corrected chi connectivity index (χ4v) is 1.99. The van der Waals surface area contributed by atoms with Crippen LogP contribution >= 0.6 is 0 Å². The van der Waals surface area contributed by atoms with Crippen molar-refractivity contribution in [3.8, 4) is 0 Å². The Labute approximate surface area is 110 Å². The number of aromatic nitrogens is 1. The molecule has 3 heteroatoms. The summed E-state index contributed by atoms with van der Waals surface area (Å²) in [6.45, 7) is 0. The van der Waals surface area contributed by atoms with E-state index in [9.17, 15) is 4.79 Å². The van der Waals surface area contributed by atoms with Gasteiger partial charge in [0.2, 0.25) is 0 Å². The molecule has 2 aromatic carbocycles. The smallest absolute Gasteiger partial charge is 0.255 e. The van der Waals surface area contributed by atoms with Crippen LogP contribution in [0.2, 0.25) is 0 Å². The van der Waals surface area contributed by atoms with Crippen LogP contribution in [0.1, 0.15) is 10.4 Å². The van der Waals surface area contributed by atoms with Gasteiger partial charge >= 0.3 is 0 Å². The summed E-state index contributed by atoms with van der Waals surface area (Å²) in [5, 5.41) is 3.86. The number of nitrogens with zero attached hydrogens (tertiary/aromatic N) is 1. The number of fused-ring (bicyclic) bond motifs is 1. The lowest BCUT2D eigenvalue weighted by atomic mass is 10.1. The Kier molecular flexibility index (Phi) is 2.94. The largest absolute Gasteiger partial charge is 0.321 e. The van der Waals surface area contributed by atoms with E-state index >= 15 is 0 Å². The molecule has 1 amide bonds. The van der Waals surface area contributed by atoms with Gasteiger partial charge in [-0.05, 0) is 24.3 Å². The van der Waals surface area contributed by atoms with Gasteiger partial charge in [-0.25, -0.2) is 0 Å². The first-order chi connectivity index (χ1) is 9.34. The van der Waals surface area contributed by atoms with Crippen LogP contribution in [0.5, 0.6) is 0 Å². The van der Waals surface area contributed by atoms with Crippen LogP contribution in [-0.4, -0.2) is 10.9 Å². The molecule has 0 bridgehead atoms. The molecular formula is C16H12N2O. The van der Waals surface area contributed by atoms with E-state index in [0.717, 1.165) is 16.6 Å². The Balaban J connectivity index is 1.96. The van der Waals surface area contributed by atoms with Crippen LogP contribution in [0.15, 0.2) is 66.9 Å². The number of carbonyl (C=O) groups is 1. The van der Waals surface area contributed by atoms with Gasteiger partial charge in [-0.2, -0.15) is 0 Å². The zero-order valence-corrected chi connectivity index (χ0v) is 10.2. The predicted octanol–water partition coefficient (Wildman–Crippen LogP) is 3.49. The Hall–Kier alpha value is -2.68. The normalized spacial score (nSPS) is 10.3. The van der Waals surface area contributed by atoms with Gasteiger partial charge in [-0.3, -0.25) is 9.78 Å². The molecule has 0 fully saturated rings. The third kappa shape index (κ3) is 2.31. The fourth-order valence-electron chi connectivity index (χ4n) is 1.99. The van der Waals surface area contributed by atoms with Gasteiger partial charge < -0.3 is 5.32 Å². The first-order valence-corrected chi connectivity index (χ1v) is 6.05. The van der Waals surface area contributed by atoms with E-state index in [4.69, 9.17) is 0 Å². The number of nitrogens with one attached hydrogen (secondary N) is 1. The molecule has 0 saturated heterocycles. The summed E-state index contributed by atoms with van der Waals surface area (Å²) in [5.41, 5.74) is 2.29. The minimum absolute atomic E-state index is 0.114. The number of hydrogen-bond donors (Lipinski definition) is 1. The quantitative estimate of drug-likeness (QED) is 0.754. The van der Waals surface area contributed by atoms with Crippen molar-refractivity contribution in [2.45, 2.75) is 0 Å². The second-order valence-corrected chi connectivity index (χ2v) is 4.20. The third-order valence-electron chi connectivity index (χ3n) is 2.93. The standard InChI is InChI=1S/C16H12N2O/c19-16(12-6-2-1-3-7-12)18-15-10-11-17-14-9-5-4-8-13(14)15/h1-11H,(H,17,18,19). The number of benzene rings is 2. The number of carbonyl (C=O) groups excluding carboxylic acids is 1. The second-order valence-electron chi connectivity index (χ2n) is 4.20. The lowest BCUT2D eigenvalue weighted by Crippen LogP contribution is -2.11. The van der Waals surface area contributed by atoms with Crippen LogP contribution in [0, 0.1) is 0 Å². The van der Waals surface area contributed by atoms with Gasteiger partial charge in [0.25, 0.3) is 5.91 Å². The monoisotopic (exact) mass is 248 g/mol. The van der Waals surface area contributed by atoms with Crippen LogP contribution in [0.4, 0.5) is 5.69 Å². The average molecular weight is 248 g/mol. The molecule has 1 aromatic heterocycles. The molecule has 19 heavy (non-hydrogen) atoms. The molecule has 3 rings (SSSR count). The van der Waals surface area contributed by atoms with E-state index in [0.29, 0.717) is 5.56 Å². The highest BCUT2D eigenvalue weighted by atomic mass is 16.1. The van der Waals surface area contributed by atoms with Crippen LogP contribution in [-0.2, 0) is 0 Å². The average Bonchev–Trinajstić information content (AvgIpc) is 2.48. The summed E-state index contributed by atoms with van der Waals surface area (Å²) >= 11 is 0. The molecule has 0 atom stereocenters. The Morgan fingerprint density at radius 2 is 1.63 bits per heavy atom. The maximum Gasteiger partial charge on any atom is 0.255 e. The molecule has 0 aliphatic heterocycles. The van der Waals surface area contributed by atoms with E-state index in [2.05, 4.69) is 10.3 Å². The molecule has 1 N–H and O–H groups in total. The highest BCUT2D eigenvalue weighted by Gasteiger charge is 2.07. The van der Waals surface area contributed by atoms with Gasteiger partial charge in [0.05, 0.1) is 11.2 Å². The van der Waals surface area contributed by atoms with Gasteiger partial charge in [-0.15, -0.1) is 0 Å². The van der Waals surface area contributed by atoms with Gasteiger partial charge in [0.1, 0.15) is 0 Å². The maximum absolute atomic E-state index is 12.1. The Bertz CT molecular complexity index is 718. The first-order valence-electron chi connectivity index (χ1n) is 6.05. The topological polar surface area (TPSA) is 42.0 Å². The second kappa shape index (κ2) is 4.90. The molecule has 0 aliphatic carbocycles. The van der Waals surface area contributed by atoms with Gasteiger partial charge in [-0.1, -0.05) is 36.4 Å². The number of pyridine rings is 1. The van der Waals surface area contributed by atoms with Crippen molar-refractivity contribution in [1.29, 1.82) is 0 Å². The number of hydrogen-bond acceptors (Lipinski definition) is 2. The summed E-state index contributed by atoms with van der Waals surface area (Å²) in [5.74, 6) is -0.114. The highest BCUT2D eigenvalue weighted by molar-refractivity contribution is 6.08. The van der Waals surface area contributed by atoms with E-state index in [-0.39, 0.29) is 5.91 Å². The van der Waals surface area contributed by atoms with Crippen molar-refractivity contribution in [1.82, 2.24) is 4.98 Å². The van der Waals surface area contributed by atoms with Gasteiger partial charge in [0.15, 0.2) is 0 Å².